The average Bonchev–Trinajstić information content (AvgIpc) is 2.76. The molecule has 2 aromatic carbocycles. The molecule has 1 fully saturated rings. The quantitative estimate of drug-likeness (QED) is 0.238. The molecule has 1 aliphatic carbocycles. The van der Waals surface area contributed by atoms with Gasteiger partial charge in [0.25, 0.3) is 0 Å². The molecule has 3 heteroatoms. The van der Waals surface area contributed by atoms with Crippen LogP contribution in [0.3, 0.4) is 0 Å². The first-order chi connectivity index (χ1) is 14.3. The molecule has 4 rings (SSSR count). The first-order valence-corrected chi connectivity index (χ1v) is 12.8. The summed E-state index contributed by atoms with van der Waals surface area (Å²) in [6, 6.07) is 19.6. The van der Waals surface area contributed by atoms with Crippen LogP contribution >= 0.6 is 27.7 Å². The summed E-state index contributed by atoms with van der Waals surface area (Å²) in [5, 5.41) is 1.33. The van der Waals surface area contributed by atoms with Crippen LogP contribution in [0.15, 0.2) is 75.1 Å². The molecule has 0 atom stereocenters. The van der Waals surface area contributed by atoms with Gasteiger partial charge in [-0.15, -0.1) is 0 Å². The largest absolute Gasteiger partial charge is 0.212 e. The Labute approximate surface area is 188 Å². The molecule has 0 radical (unpaired) electrons. The normalized spacial score (nSPS) is 15.1. The summed E-state index contributed by atoms with van der Waals surface area (Å²) in [6.45, 7) is 1.11. The predicted molar refractivity (Wildman–Crippen MR) is 127 cm³/mol. The molecule has 3 aromatic rings. The molecule has 1 saturated carbocycles. The van der Waals surface area contributed by atoms with E-state index >= 15 is 0 Å². The van der Waals surface area contributed by atoms with Crippen molar-refractivity contribution in [3.63, 3.8) is 0 Å². The third kappa shape index (κ3) is 5.86. The highest BCUT2D eigenvalue weighted by atomic mass is 79.9. The number of unbranched alkanes of at least 4 members (excludes halogenated alkanes) is 2. The fourth-order valence-corrected chi connectivity index (χ4v) is 6.01. The Morgan fingerprint density at radius 3 is 2.55 bits per heavy atom. The second kappa shape index (κ2) is 10.6. The van der Waals surface area contributed by atoms with E-state index in [9.17, 15) is 0 Å². The van der Waals surface area contributed by atoms with Crippen LogP contribution in [0.25, 0.3) is 10.9 Å². The van der Waals surface area contributed by atoms with Crippen molar-refractivity contribution in [2.24, 2.45) is 5.92 Å². The van der Waals surface area contributed by atoms with Crippen LogP contribution in [0.2, 0.25) is 0 Å². The summed E-state index contributed by atoms with van der Waals surface area (Å²) >= 11 is 5.52. The maximum atomic E-state index is 3.69. The summed E-state index contributed by atoms with van der Waals surface area (Å²) in [6.07, 6.45) is 15.2. The van der Waals surface area contributed by atoms with Gasteiger partial charge in [-0.3, -0.25) is 0 Å². The van der Waals surface area contributed by atoms with E-state index in [4.69, 9.17) is 0 Å². The molecule has 1 nitrogen and oxygen atoms in total. The first kappa shape index (κ1) is 20.9. The lowest BCUT2D eigenvalue weighted by molar-refractivity contribution is -0.673. The van der Waals surface area contributed by atoms with E-state index < -0.39 is 0 Å². The third-order valence-corrected chi connectivity index (χ3v) is 8.12. The van der Waals surface area contributed by atoms with E-state index in [1.807, 2.05) is 11.8 Å². The van der Waals surface area contributed by atoms with Crippen molar-refractivity contribution >= 4 is 38.6 Å². The highest BCUT2D eigenvalue weighted by Crippen LogP contribution is 2.33. The van der Waals surface area contributed by atoms with Crippen LogP contribution in [0.1, 0.15) is 57.8 Å². The maximum Gasteiger partial charge on any atom is 0.212 e. The molecule has 0 saturated heterocycles. The van der Waals surface area contributed by atoms with Crippen molar-refractivity contribution in [3.8, 4) is 0 Å². The van der Waals surface area contributed by atoms with E-state index in [1.54, 1.807) is 0 Å². The Hall–Kier alpha value is -1.32. The topological polar surface area (TPSA) is 3.88 Å². The number of benzene rings is 2. The first-order valence-electron chi connectivity index (χ1n) is 11.1. The van der Waals surface area contributed by atoms with Crippen molar-refractivity contribution in [2.75, 3.05) is 0 Å². The van der Waals surface area contributed by atoms with Crippen molar-refractivity contribution < 1.29 is 4.57 Å². The van der Waals surface area contributed by atoms with E-state index in [0.717, 1.165) is 16.9 Å². The smallest absolute Gasteiger partial charge is 0.197 e. The number of hydrogen-bond acceptors (Lipinski definition) is 1. The summed E-state index contributed by atoms with van der Waals surface area (Å²) in [5.74, 6) is 1.02. The summed E-state index contributed by atoms with van der Waals surface area (Å²) in [4.78, 5) is 2.57. The molecule has 1 aliphatic rings. The van der Waals surface area contributed by atoms with Crippen molar-refractivity contribution in [1.29, 1.82) is 0 Å². The zero-order valence-corrected chi connectivity index (χ0v) is 19.6. The molecule has 0 N–H and O–H groups in total. The maximum absolute atomic E-state index is 3.69. The van der Waals surface area contributed by atoms with Crippen LogP contribution < -0.4 is 4.57 Å². The molecular weight excluding hydrogens is 438 g/mol. The van der Waals surface area contributed by atoms with Crippen LogP contribution in [0, 0.1) is 5.92 Å². The van der Waals surface area contributed by atoms with E-state index in [2.05, 4.69) is 81.3 Å². The van der Waals surface area contributed by atoms with Gasteiger partial charge in [0.1, 0.15) is 6.54 Å². The Balaban J connectivity index is 1.41. The second-order valence-electron chi connectivity index (χ2n) is 8.31. The van der Waals surface area contributed by atoms with E-state index in [-0.39, 0.29) is 0 Å². The molecule has 0 spiro atoms. The average molecular weight is 470 g/mol. The highest BCUT2D eigenvalue weighted by Gasteiger charge is 2.15. The molecule has 152 valence electrons. The zero-order valence-electron chi connectivity index (χ0n) is 17.2. The number of nitrogens with zero attached hydrogens (tertiary/aromatic N) is 1. The van der Waals surface area contributed by atoms with Crippen LogP contribution in [0.5, 0.6) is 0 Å². The molecule has 0 aliphatic heterocycles. The standard InChI is InChI=1S/C26H31BrNS/c27-24-15-7-9-17-26(24)29-23-19-22-14-6-8-16-25(22)28(20-23)18-10-2-5-13-21-11-3-1-4-12-21/h6-9,14-17,19-21H,1-5,10-13,18H2/q+1. The highest BCUT2D eigenvalue weighted by molar-refractivity contribution is 9.10. The summed E-state index contributed by atoms with van der Waals surface area (Å²) in [7, 11) is 0. The minimum Gasteiger partial charge on any atom is -0.197 e. The molecule has 1 aromatic heterocycles. The van der Waals surface area contributed by atoms with Gasteiger partial charge in [0.15, 0.2) is 6.20 Å². The van der Waals surface area contributed by atoms with E-state index in [1.165, 1.54) is 78.5 Å². The lowest BCUT2D eigenvalue weighted by Gasteiger charge is -2.21. The molecule has 0 bridgehead atoms. The lowest BCUT2D eigenvalue weighted by Crippen LogP contribution is -2.34. The number of fused-ring (bicyclic) bond motifs is 1. The molecule has 29 heavy (non-hydrogen) atoms. The monoisotopic (exact) mass is 468 g/mol. The van der Waals surface area contributed by atoms with Crippen molar-refractivity contribution in [3.05, 3.63) is 65.3 Å². The zero-order chi connectivity index (χ0) is 19.9. The van der Waals surface area contributed by atoms with Gasteiger partial charge in [-0.2, -0.15) is 4.57 Å². The fourth-order valence-electron chi connectivity index (χ4n) is 4.55. The molecule has 0 amide bonds. The number of aryl methyl sites for hydroxylation is 1. The SMILES string of the molecule is Brc1ccccc1Sc1cc2ccccc2[n+](CCCCCC2CCCCC2)c1. The van der Waals surface area contributed by atoms with Gasteiger partial charge in [-0.25, -0.2) is 0 Å². The number of halogens is 1. The number of para-hydroxylation sites is 1. The molecule has 1 heterocycles. The van der Waals surface area contributed by atoms with Gasteiger partial charge in [0.05, 0.1) is 4.90 Å². The van der Waals surface area contributed by atoms with Crippen molar-refractivity contribution in [1.82, 2.24) is 0 Å². The summed E-state index contributed by atoms with van der Waals surface area (Å²) in [5.41, 5.74) is 1.34. The Morgan fingerprint density at radius 2 is 1.69 bits per heavy atom. The Bertz CT molecular complexity index is 933. The molecular formula is C26H31BrNS+. The number of rotatable bonds is 8. The van der Waals surface area contributed by atoms with Gasteiger partial charge >= 0.3 is 0 Å². The number of hydrogen-bond donors (Lipinski definition) is 0. The third-order valence-electron chi connectivity index (χ3n) is 6.13. The Morgan fingerprint density at radius 1 is 0.897 bits per heavy atom. The van der Waals surface area contributed by atoms with Crippen molar-refractivity contribution in [2.45, 2.75) is 74.1 Å². The van der Waals surface area contributed by atoms with Gasteiger partial charge in [-0.05, 0) is 52.5 Å². The minimum absolute atomic E-state index is 1.02. The van der Waals surface area contributed by atoms with Gasteiger partial charge in [-0.1, -0.05) is 81.0 Å². The van der Waals surface area contributed by atoms with E-state index in [0.29, 0.717) is 0 Å². The predicted octanol–water partition coefficient (Wildman–Crippen LogP) is 8.18. The second-order valence-corrected chi connectivity index (χ2v) is 10.3. The fraction of sp³-hybridized carbons (Fsp3) is 0.423. The van der Waals surface area contributed by atoms with Crippen LogP contribution in [-0.2, 0) is 6.54 Å². The minimum atomic E-state index is 1.02. The Kier molecular flexibility index (Phi) is 7.67. The van der Waals surface area contributed by atoms with Gasteiger partial charge in [0, 0.05) is 27.2 Å². The van der Waals surface area contributed by atoms with Crippen LogP contribution in [-0.4, -0.2) is 0 Å². The lowest BCUT2D eigenvalue weighted by atomic mass is 9.85. The summed E-state index contributed by atoms with van der Waals surface area (Å²) < 4.78 is 3.63. The van der Waals surface area contributed by atoms with Crippen LogP contribution in [0.4, 0.5) is 0 Å². The van der Waals surface area contributed by atoms with Gasteiger partial charge in [0.2, 0.25) is 5.52 Å². The molecule has 0 unspecified atom stereocenters. The number of pyridine rings is 1. The number of aromatic nitrogens is 1. The van der Waals surface area contributed by atoms with Gasteiger partial charge < -0.3 is 0 Å².